The van der Waals surface area contributed by atoms with Gasteiger partial charge in [-0.2, -0.15) is 0 Å². The smallest absolute Gasteiger partial charge is 0.0541 e. The molecule has 0 aliphatic heterocycles. The molecule has 1 heteroatoms. The number of hydrogen-bond donors (Lipinski definition) is 0. The molecule has 22 heavy (non-hydrogen) atoms. The van der Waals surface area contributed by atoms with Crippen LogP contribution in [0.5, 0.6) is 0 Å². The molecule has 0 saturated heterocycles. The molecule has 0 amide bonds. The minimum atomic E-state index is 1.19. The van der Waals surface area contributed by atoms with Crippen LogP contribution in [0.15, 0.2) is 55.1 Å². The van der Waals surface area contributed by atoms with Gasteiger partial charge < -0.3 is 4.57 Å². The first kappa shape index (κ1) is 14.4. The number of benzene rings is 2. The molecular formula is C21H21N. The first-order valence-electron chi connectivity index (χ1n) is 7.63. The van der Waals surface area contributed by atoms with E-state index in [1.165, 1.54) is 39.0 Å². The van der Waals surface area contributed by atoms with Crippen molar-refractivity contribution in [1.29, 1.82) is 0 Å². The van der Waals surface area contributed by atoms with Gasteiger partial charge in [-0.3, -0.25) is 0 Å². The van der Waals surface area contributed by atoms with E-state index in [1.54, 1.807) is 0 Å². The molecule has 110 valence electrons. The van der Waals surface area contributed by atoms with E-state index < -0.39 is 0 Å². The second kappa shape index (κ2) is 5.69. The summed E-state index contributed by atoms with van der Waals surface area (Å²) in [5.41, 5.74) is 7.37. The van der Waals surface area contributed by atoms with Gasteiger partial charge in [-0.1, -0.05) is 49.1 Å². The summed E-state index contributed by atoms with van der Waals surface area (Å²) in [6.07, 6.45) is 6.21. The van der Waals surface area contributed by atoms with E-state index >= 15 is 0 Å². The third-order valence-electron chi connectivity index (χ3n) is 4.09. The maximum atomic E-state index is 4.02. The number of rotatable bonds is 3. The molecule has 0 atom stereocenters. The van der Waals surface area contributed by atoms with E-state index in [0.717, 1.165) is 0 Å². The number of hydrogen-bond acceptors (Lipinski definition) is 0. The molecule has 0 aliphatic carbocycles. The van der Waals surface area contributed by atoms with E-state index in [4.69, 9.17) is 0 Å². The zero-order chi connectivity index (χ0) is 15.7. The van der Waals surface area contributed by atoms with E-state index in [0.29, 0.717) is 0 Å². The summed E-state index contributed by atoms with van der Waals surface area (Å²) >= 11 is 0. The van der Waals surface area contributed by atoms with Gasteiger partial charge in [0.2, 0.25) is 0 Å². The molecular weight excluding hydrogens is 266 g/mol. The summed E-state index contributed by atoms with van der Waals surface area (Å²) in [7, 11) is 0. The lowest BCUT2D eigenvalue weighted by molar-refractivity contribution is 1.08. The number of aryl methyl sites for hydroxylation is 2. The van der Waals surface area contributed by atoms with Gasteiger partial charge >= 0.3 is 0 Å². The van der Waals surface area contributed by atoms with Crippen molar-refractivity contribution in [2.45, 2.75) is 20.8 Å². The maximum Gasteiger partial charge on any atom is 0.0541 e. The van der Waals surface area contributed by atoms with Crippen LogP contribution >= 0.6 is 0 Å². The summed E-state index contributed by atoms with van der Waals surface area (Å²) in [4.78, 5) is 0. The van der Waals surface area contributed by atoms with Crippen LogP contribution < -0.4 is 0 Å². The maximum absolute atomic E-state index is 4.02. The molecule has 1 aromatic heterocycles. The molecule has 3 rings (SSSR count). The van der Waals surface area contributed by atoms with Gasteiger partial charge in [-0.05, 0) is 50.1 Å². The van der Waals surface area contributed by atoms with Crippen LogP contribution in [0.1, 0.15) is 29.3 Å². The van der Waals surface area contributed by atoms with Crippen molar-refractivity contribution in [3.63, 3.8) is 0 Å². The molecule has 0 aliphatic rings. The highest BCUT2D eigenvalue weighted by molar-refractivity contribution is 5.95. The predicted molar refractivity (Wildman–Crippen MR) is 97.5 cm³/mol. The summed E-state index contributed by atoms with van der Waals surface area (Å²) in [6.45, 7) is 10.4. The van der Waals surface area contributed by atoms with E-state index in [1.807, 2.05) is 6.08 Å². The Morgan fingerprint density at radius 2 is 1.82 bits per heavy atom. The number of allylic oxidation sites excluding steroid dienone is 1. The second-order valence-electron chi connectivity index (χ2n) is 5.65. The van der Waals surface area contributed by atoms with Gasteiger partial charge in [-0.15, -0.1) is 0 Å². The fourth-order valence-corrected chi connectivity index (χ4v) is 3.04. The SMILES string of the molecule is C=Cc1c(/C=C\C)n(-c2cc(C)ccc2C)c2ccccc12. The molecule has 1 heterocycles. The molecule has 1 nitrogen and oxygen atoms in total. The number of para-hydroxylation sites is 1. The van der Waals surface area contributed by atoms with Gasteiger partial charge in [0.05, 0.1) is 11.2 Å². The van der Waals surface area contributed by atoms with Gasteiger partial charge in [0.1, 0.15) is 0 Å². The Labute approximate surface area is 132 Å². The average molecular weight is 287 g/mol. The highest BCUT2D eigenvalue weighted by atomic mass is 15.0. The van der Waals surface area contributed by atoms with E-state index in [9.17, 15) is 0 Å². The monoisotopic (exact) mass is 287 g/mol. The topological polar surface area (TPSA) is 4.93 Å². The number of aromatic nitrogens is 1. The Bertz CT molecular complexity index is 878. The third-order valence-corrected chi connectivity index (χ3v) is 4.09. The van der Waals surface area contributed by atoms with E-state index in [2.05, 4.69) is 86.5 Å². The lowest BCUT2D eigenvalue weighted by atomic mass is 10.1. The highest BCUT2D eigenvalue weighted by Crippen LogP contribution is 2.32. The number of nitrogens with zero attached hydrogens (tertiary/aromatic N) is 1. The molecule has 0 bridgehead atoms. The lowest BCUT2D eigenvalue weighted by Gasteiger charge is -2.13. The van der Waals surface area contributed by atoms with Crippen molar-refractivity contribution in [2.75, 3.05) is 0 Å². The standard InChI is InChI=1S/C21H21N/c1-5-9-19-17(6-2)18-10-7-8-11-20(18)22(19)21-14-15(3)12-13-16(21)4/h5-14H,2H2,1,3-4H3/b9-5-. The zero-order valence-electron chi connectivity index (χ0n) is 13.4. The molecule has 3 aromatic rings. The molecule has 0 saturated carbocycles. The lowest BCUT2D eigenvalue weighted by Crippen LogP contribution is -2.00. The summed E-state index contributed by atoms with van der Waals surface area (Å²) in [5.74, 6) is 0. The van der Waals surface area contributed by atoms with Gasteiger partial charge in [-0.25, -0.2) is 0 Å². The predicted octanol–water partition coefficient (Wildman–Crippen LogP) is 5.92. The van der Waals surface area contributed by atoms with Crippen LogP contribution in [-0.2, 0) is 0 Å². The van der Waals surface area contributed by atoms with Crippen molar-refractivity contribution >= 4 is 23.1 Å². The Morgan fingerprint density at radius 3 is 2.55 bits per heavy atom. The first-order chi connectivity index (χ1) is 10.7. The molecule has 2 aromatic carbocycles. The largest absolute Gasteiger partial charge is 0.309 e. The number of fused-ring (bicyclic) bond motifs is 1. The highest BCUT2D eigenvalue weighted by Gasteiger charge is 2.15. The van der Waals surface area contributed by atoms with Crippen LogP contribution in [0.4, 0.5) is 0 Å². The third kappa shape index (κ3) is 2.19. The molecule has 0 unspecified atom stereocenters. The van der Waals surface area contributed by atoms with E-state index in [-0.39, 0.29) is 0 Å². The molecule has 0 fully saturated rings. The van der Waals surface area contributed by atoms with Crippen molar-refractivity contribution in [3.8, 4) is 5.69 Å². The van der Waals surface area contributed by atoms with Crippen LogP contribution in [0.25, 0.3) is 28.7 Å². The van der Waals surface area contributed by atoms with Crippen LogP contribution in [-0.4, -0.2) is 4.57 Å². The zero-order valence-corrected chi connectivity index (χ0v) is 13.4. The normalized spacial score (nSPS) is 11.4. The fourth-order valence-electron chi connectivity index (χ4n) is 3.04. The van der Waals surface area contributed by atoms with Crippen LogP contribution in [0.2, 0.25) is 0 Å². The first-order valence-corrected chi connectivity index (χ1v) is 7.63. The van der Waals surface area contributed by atoms with Gasteiger partial charge in [0, 0.05) is 16.6 Å². The van der Waals surface area contributed by atoms with Crippen molar-refractivity contribution in [3.05, 3.63) is 77.5 Å². The fraction of sp³-hybridized carbons (Fsp3) is 0.143. The molecule has 0 spiro atoms. The van der Waals surface area contributed by atoms with Crippen molar-refractivity contribution < 1.29 is 0 Å². The Morgan fingerprint density at radius 1 is 1.05 bits per heavy atom. The van der Waals surface area contributed by atoms with Crippen LogP contribution in [0, 0.1) is 13.8 Å². The molecule has 0 radical (unpaired) electrons. The average Bonchev–Trinajstić information content (AvgIpc) is 2.83. The second-order valence-corrected chi connectivity index (χ2v) is 5.65. The van der Waals surface area contributed by atoms with Gasteiger partial charge in [0.15, 0.2) is 0 Å². The Hall–Kier alpha value is -2.54. The van der Waals surface area contributed by atoms with Gasteiger partial charge in [0.25, 0.3) is 0 Å². The summed E-state index contributed by atoms with van der Waals surface area (Å²) in [5, 5.41) is 1.24. The Kier molecular flexibility index (Phi) is 3.72. The quantitative estimate of drug-likeness (QED) is 0.563. The Balaban J connectivity index is 2.49. The molecule has 0 N–H and O–H groups in total. The minimum absolute atomic E-state index is 1.19. The minimum Gasteiger partial charge on any atom is -0.309 e. The summed E-state index contributed by atoms with van der Waals surface area (Å²) in [6, 6.07) is 15.1. The van der Waals surface area contributed by atoms with Crippen LogP contribution in [0.3, 0.4) is 0 Å². The van der Waals surface area contributed by atoms with Crippen molar-refractivity contribution in [1.82, 2.24) is 4.57 Å². The summed E-state index contributed by atoms with van der Waals surface area (Å²) < 4.78 is 2.34. The van der Waals surface area contributed by atoms with Crippen molar-refractivity contribution in [2.24, 2.45) is 0 Å².